The van der Waals surface area contributed by atoms with Crippen molar-refractivity contribution in [2.24, 2.45) is 0 Å². The maximum Gasteiger partial charge on any atom is 0.407 e. The smallest absolute Gasteiger partial charge is 0.407 e. The second-order valence-electron chi connectivity index (χ2n) is 8.74. The molecule has 1 atom stereocenters. The molecule has 0 saturated heterocycles. The molecule has 2 aromatic carbocycles. The van der Waals surface area contributed by atoms with Gasteiger partial charge in [-0.15, -0.1) is 0 Å². The van der Waals surface area contributed by atoms with Crippen LogP contribution in [0.2, 0.25) is 0 Å². The molecular weight excluding hydrogens is 408 g/mol. The lowest BCUT2D eigenvalue weighted by atomic mass is 9.92. The summed E-state index contributed by atoms with van der Waals surface area (Å²) in [6.45, 7) is 1.62. The molecule has 2 amide bonds. The number of ether oxygens (including phenoxy) is 1. The van der Waals surface area contributed by atoms with Gasteiger partial charge in [-0.05, 0) is 42.0 Å². The van der Waals surface area contributed by atoms with Crippen LogP contribution in [0.15, 0.2) is 48.5 Å². The summed E-state index contributed by atoms with van der Waals surface area (Å²) in [6.07, 6.45) is 2.59. The summed E-state index contributed by atoms with van der Waals surface area (Å²) < 4.78 is 5.65. The Morgan fingerprint density at radius 3 is 2.16 bits per heavy atom. The summed E-state index contributed by atoms with van der Waals surface area (Å²) in [5.41, 5.74) is 3.89. The lowest BCUT2D eigenvalue weighted by Crippen LogP contribution is -2.51. The fourth-order valence-corrected chi connectivity index (χ4v) is 4.91. The number of hydrogen-bond acceptors (Lipinski definition) is 4. The Labute approximate surface area is 187 Å². The van der Waals surface area contributed by atoms with Crippen LogP contribution in [-0.4, -0.2) is 41.3 Å². The maximum absolute atomic E-state index is 12.7. The van der Waals surface area contributed by atoms with Crippen LogP contribution >= 0.6 is 0 Å². The number of fused-ring (bicyclic) bond motifs is 3. The number of carboxylic acid groups (broad SMARTS) is 1. The number of aliphatic carboxylic acids is 1. The number of carbonyl (C=O) groups is 3. The van der Waals surface area contributed by atoms with Crippen LogP contribution in [-0.2, 0) is 14.3 Å². The monoisotopic (exact) mass is 436 g/mol. The minimum Gasteiger partial charge on any atom is -0.480 e. The first-order valence-electron chi connectivity index (χ1n) is 11.0. The number of carboxylic acids is 1. The van der Waals surface area contributed by atoms with Crippen LogP contribution in [0, 0.1) is 0 Å². The highest BCUT2D eigenvalue weighted by atomic mass is 16.5. The summed E-state index contributed by atoms with van der Waals surface area (Å²) in [7, 11) is 0. The van der Waals surface area contributed by atoms with Gasteiger partial charge < -0.3 is 20.5 Å². The lowest BCUT2D eigenvalue weighted by Gasteiger charge is -2.30. The summed E-state index contributed by atoms with van der Waals surface area (Å²) >= 11 is 0. The summed E-state index contributed by atoms with van der Waals surface area (Å²) in [6, 6.07) is 15.3. The first-order chi connectivity index (χ1) is 15.4. The molecule has 0 unspecified atom stereocenters. The third kappa shape index (κ3) is 4.47. The number of alkyl carbamates (subject to hydrolysis) is 1. The molecule has 0 spiro atoms. The number of amides is 2. The zero-order valence-corrected chi connectivity index (χ0v) is 18.1. The molecule has 7 nitrogen and oxygen atoms in total. The average Bonchev–Trinajstić information content (AvgIpc) is 3.34. The van der Waals surface area contributed by atoms with E-state index < -0.39 is 23.6 Å². The molecule has 1 saturated carbocycles. The molecular formula is C25H28N2O5. The molecule has 3 N–H and O–H groups in total. The summed E-state index contributed by atoms with van der Waals surface area (Å²) in [4.78, 5) is 36.1. The van der Waals surface area contributed by atoms with Crippen LogP contribution in [0.1, 0.15) is 56.1 Å². The Morgan fingerprint density at radius 1 is 1.03 bits per heavy atom. The van der Waals surface area contributed by atoms with Gasteiger partial charge in [-0.1, -0.05) is 61.4 Å². The predicted molar refractivity (Wildman–Crippen MR) is 119 cm³/mol. The fourth-order valence-electron chi connectivity index (χ4n) is 4.91. The van der Waals surface area contributed by atoms with Crippen molar-refractivity contribution >= 4 is 18.0 Å². The maximum atomic E-state index is 12.7. The molecule has 0 heterocycles. The van der Waals surface area contributed by atoms with Crippen LogP contribution in [0.4, 0.5) is 4.79 Å². The number of benzene rings is 2. The van der Waals surface area contributed by atoms with Gasteiger partial charge in [0.05, 0.1) is 5.54 Å². The Bertz CT molecular complexity index is 983. The summed E-state index contributed by atoms with van der Waals surface area (Å²) in [5.74, 6) is -1.52. The van der Waals surface area contributed by atoms with Crippen molar-refractivity contribution in [2.75, 3.05) is 6.61 Å². The molecule has 2 aliphatic carbocycles. The fraction of sp³-hybridized carbons (Fsp3) is 0.400. The van der Waals surface area contributed by atoms with E-state index >= 15 is 0 Å². The topological polar surface area (TPSA) is 105 Å². The average molecular weight is 437 g/mol. The van der Waals surface area contributed by atoms with Gasteiger partial charge >= 0.3 is 12.1 Å². The van der Waals surface area contributed by atoms with Gasteiger partial charge in [0.25, 0.3) is 0 Å². The number of nitrogens with one attached hydrogen (secondary N) is 2. The molecule has 1 fully saturated rings. The van der Waals surface area contributed by atoms with Crippen molar-refractivity contribution in [3.8, 4) is 11.1 Å². The Kier molecular flexibility index (Phi) is 6.17. The molecule has 0 aromatic heterocycles. The van der Waals surface area contributed by atoms with Crippen LogP contribution < -0.4 is 10.6 Å². The third-order valence-electron chi connectivity index (χ3n) is 6.52. The molecule has 2 aromatic rings. The zero-order chi connectivity index (χ0) is 22.7. The van der Waals surface area contributed by atoms with E-state index in [0.717, 1.165) is 35.1 Å². The first-order valence-corrected chi connectivity index (χ1v) is 11.0. The van der Waals surface area contributed by atoms with Crippen LogP contribution in [0.3, 0.4) is 0 Å². The first kappa shape index (κ1) is 21.9. The van der Waals surface area contributed by atoms with E-state index in [1.165, 1.54) is 6.92 Å². The Morgan fingerprint density at radius 2 is 1.59 bits per heavy atom. The summed E-state index contributed by atoms with van der Waals surface area (Å²) in [5, 5.41) is 14.4. The quantitative estimate of drug-likeness (QED) is 0.612. The van der Waals surface area contributed by atoms with Crippen LogP contribution in [0.5, 0.6) is 0 Å². The Balaban J connectivity index is 1.41. The largest absolute Gasteiger partial charge is 0.480 e. The molecule has 0 bridgehead atoms. The van der Waals surface area contributed by atoms with Crippen LogP contribution in [0.25, 0.3) is 11.1 Å². The van der Waals surface area contributed by atoms with E-state index in [1.807, 2.05) is 24.3 Å². The number of rotatable bonds is 7. The normalized spacial score (nSPS) is 17.2. The van der Waals surface area contributed by atoms with Crippen molar-refractivity contribution in [1.29, 1.82) is 0 Å². The van der Waals surface area contributed by atoms with E-state index in [4.69, 9.17) is 9.84 Å². The van der Waals surface area contributed by atoms with E-state index in [0.29, 0.717) is 12.8 Å². The SMILES string of the molecule is C[C@H](NC(=O)CC1(NC(=O)OCC2c3ccccc3-c3ccccc32)CCCC1)C(=O)O. The highest BCUT2D eigenvalue weighted by molar-refractivity contribution is 5.84. The zero-order valence-electron chi connectivity index (χ0n) is 18.1. The van der Waals surface area contributed by atoms with Gasteiger partial charge in [-0.3, -0.25) is 9.59 Å². The number of carbonyl (C=O) groups excluding carboxylic acids is 2. The molecule has 2 aliphatic rings. The minimum absolute atomic E-state index is 0.0348. The highest BCUT2D eigenvalue weighted by Gasteiger charge is 2.39. The second-order valence-corrected chi connectivity index (χ2v) is 8.74. The van der Waals surface area contributed by atoms with Crippen molar-refractivity contribution in [3.63, 3.8) is 0 Å². The second kappa shape index (κ2) is 9.02. The van der Waals surface area contributed by atoms with Crippen molar-refractivity contribution < 1.29 is 24.2 Å². The molecule has 7 heteroatoms. The standard InChI is InChI=1S/C25H28N2O5/c1-16(23(29)30)26-22(28)14-25(12-6-7-13-25)27-24(31)32-15-21-19-10-4-2-8-17(19)18-9-3-5-11-20(18)21/h2-5,8-11,16,21H,6-7,12-15H2,1H3,(H,26,28)(H,27,31)(H,29,30)/t16-/m0/s1. The van der Waals surface area contributed by atoms with Gasteiger partial charge in [0.15, 0.2) is 0 Å². The van der Waals surface area contributed by atoms with Gasteiger partial charge in [-0.25, -0.2) is 4.79 Å². The molecule has 168 valence electrons. The third-order valence-corrected chi connectivity index (χ3v) is 6.52. The van der Waals surface area contributed by atoms with Crippen molar-refractivity contribution in [3.05, 3.63) is 59.7 Å². The lowest BCUT2D eigenvalue weighted by molar-refractivity contribution is -0.141. The van der Waals surface area contributed by atoms with Gasteiger partial charge in [0.2, 0.25) is 5.91 Å². The number of hydrogen-bond donors (Lipinski definition) is 3. The minimum atomic E-state index is -1.09. The van der Waals surface area contributed by atoms with Gasteiger partial charge in [0, 0.05) is 12.3 Å². The molecule has 4 rings (SSSR count). The molecule has 0 radical (unpaired) electrons. The molecule has 0 aliphatic heterocycles. The van der Waals surface area contributed by atoms with E-state index in [-0.39, 0.29) is 24.9 Å². The van der Waals surface area contributed by atoms with Gasteiger partial charge in [0.1, 0.15) is 12.6 Å². The van der Waals surface area contributed by atoms with Crippen molar-refractivity contribution in [1.82, 2.24) is 10.6 Å². The van der Waals surface area contributed by atoms with E-state index in [9.17, 15) is 14.4 Å². The van der Waals surface area contributed by atoms with Crippen molar-refractivity contribution in [2.45, 2.75) is 56.5 Å². The van der Waals surface area contributed by atoms with Gasteiger partial charge in [-0.2, -0.15) is 0 Å². The molecule has 32 heavy (non-hydrogen) atoms. The van der Waals surface area contributed by atoms with E-state index in [1.54, 1.807) is 0 Å². The van der Waals surface area contributed by atoms with E-state index in [2.05, 4.69) is 34.9 Å². The Hall–Kier alpha value is -3.35. The highest BCUT2D eigenvalue weighted by Crippen LogP contribution is 2.44. The predicted octanol–water partition coefficient (Wildman–Crippen LogP) is 3.82.